The number of aromatic nitrogens is 14. The third kappa shape index (κ3) is 38.3. The molecule has 0 spiro atoms. The molecule has 0 aliphatic rings. The molecule has 0 fully saturated rings. The number of fused-ring (bicyclic) bond motifs is 1. The first-order chi connectivity index (χ1) is 57.1. The molecule has 27 nitrogen and oxygen atoms in total. The Morgan fingerprint density at radius 3 is 1.02 bits per heavy atom. The van der Waals surface area contributed by atoms with E-state index >= 15 is 0 Å². The van der Waals surface area contributed by atoms with Crippen LogP contribution in [0.2, 0.25) is 0 Å². The summed E-state index contributed by atoms with van der Waals surface area (Å²) in [5.41, 5.74) is 7.78. The number of hydrazone groups is 2. The van der Waals surface area contributed by atoms with Crippen molar-refractivity contribution in [3.63, 3.8) is 0 Å². The summed E-state index contributed by atoms with van der Waals surface area (Å²) in [6, 6.07) is 3.47. The summed E-state index contributed by atoms with van der Waals surface area (Å²) in [6.45, 7) is 18.8. The van der Waals surface area contributed by atoms with Crippen molar-refractivity contribution in [2.75, 3.05) is 35.9 Å². The molecule has 0 aromatic carbocycles. The zero-order valence-electron chi connectivity index (χ0n) is 64.7. The second kappa shape index (κ2) is 51.0. The first-order valence-electron chi connectivity index (χ1n) is 33.6. The fourth-order valence-corrected chi connectivity index (χ4v) is 8.58. The van der Waals surface area contributed by atoms with Gasteiger partial charge in [0.15, 0.2) is 70.8 Å². The molecule has 128 heavy (non-hydrogen) atoms. The second-order valence-corrected chi connectivity index (χ2v) is 24.7. The van der Waals surface area contributed by atoms with Crippen molar-refractivity contribution in [1.29, 1.82) is 0 Å². The predicted octanol–water partition coefficient (Wildman–Crippen LogP) is 20.7. The number of aldehydes is 1. The molecular weight excluding hydrogens is 1880 g/mol. The molecule has 58 heteroatoms. The van der Waals surface area contributed by atoms with Gasteiger partial charge in [-0.25, -0.2) is 58.3 Å². The van der Waals surface area contributed by atoms with Gasteiger partial charge in [0.1, 0.15) is 6.21 Å². The number of nitrogens with two attached hydrogens (primary N) is 1. The first-order valence-corrected chi connectivity index (χ1v) is 34.8. The molecule has 0 saturated heterocycles. The molecule has 0 aliphatic heterocycles. The number of carbonyl (C=O) groups is 1. The van der Waals surface area contributed by atoms with Crippen LogP contribution in [0.15, 0.2) is 88.3 Å². The molecule has 9 rings (SSSR count). The number of hydrogen-bond acceptors (Lipinski definition) is 27. The number of pyridine rings is 4. The van der Waals surface area contributed by atoms with Crippen LogP contribution in [0.3, 0.4) is 0 Å². The zero-order valence-corrected chi connectivity index (χ0v) is 67.1. The number of halogens is 29. The molecule has 711 valence electrons. The van der Waals surface area contributed by atoms with Crippen LogP contribution in [0.5, 0.6) is 23.5 Å². The van der Waals surface area contributed by atoms with Gasteiger partial charge < -0.3 is 29.3 Å². The van der Waals surface area contributed by atoms with Crippen molar-refractivity contribution >= 4 is 76.6 Å². The standard InChI is InChI=1S/C15H11BrF7N5O.C15H10F7N5O.C15H12F7N5O.C13H13F4N5O.C6H15N.C2HF3O.4CH4.BHNS/c1-6-11(24-5-10(26-6)27-28-13(16)15(21,22)23)8-3-9(17)12(25-4-8)29-7(2)14(18,19)20;1-6-11(23-5-10-25-26-13(27(6)10)15(20,21)22)8-3-9(16)12(24-4-8)28-7(2)14(17,18)19;1-7-12(23-5-11(26-7)27-25-6-14(17,18)19)9-3-10(16)13(24-4-9)28-8(2)15(20,21)22;1-6-11(19-5-10(21-6)22-18)8-3-9(14)12(20-4-8)23-7(2)13(15,16)17;1-4-7(5-2)6-3;3-2(4,5)1-6;;;;;1-2-3/h3-5,7H,1-2H3,(H,26,27);3-5,7H,1-2H3;3-6,8H,1-2H3,(H,26,27);3-5,7H,18H2,1-2H3,(H,21,22);4-6H2,1-3H3;1H;4*1H4;3H/t2*7-;8-;7-;;;;;;;/m0000......./s1. The number of carbonyl (C=O) groups excluding carboxylic acids is 1. The Kier molecular flexibility index (Phi) is 47.3. The van der Waals surface area contributed by atoms with Crippen LogP contribution >= 0.6 is 28.7 Å². The van der Waals surface area contributed by atoms with E-state index < -0.39 is 137 Å². The molecule has 9 aromatic heterocycles. The Morgan fingerprint density at radius 2 is 0.773 bits per heavy atom. The van der Waals surface area contributed by atoms with Gasteiger partial charge in [0.05, 0.1) is 64.6 Å². The van der Waals surface area contributed by atoms with Crippen LogP contribution in [-0.2, 0) is 11.0 Å². The molecule has 9 heterocycles. The van der Waals surface area contributed by atoms with E-state index in [1.807, 2.05) is 5.43 Å². The van der Waals surface area contributed by atoms with Gasteiger partial charge in [-0.15, -0.1) is 10.2 Å². The molecular formula is C70H79BBrF28N22O5S. The van der Waals surface area contributed by atoms with Crippen LogP contribution in [0, 0.1) is 51.0 Å². The Morgan fingerprint density at radius 1 is 0.484 bits per heavy atom. The number of anilines is 3. The SMILES string of the molecule is C.C.C.C.CCN(CC)CC.Cc1c(-c2cnc(O[C@@H](C)C(F)(F)F)c(F)c2)ncc2nnc(C(F)(F)F)n12.Cc1nc(NN)cnc1-c1cnc(O[C@@H](C)C(F)(F)F)c(F)c1.Cc1nc(NN=C(Br)C(F)(F)F)cnc1-c1cnc(O[C@@H](C)C(F)(F)F)c(F)c1.Cc1nc(NN=CC(F)(F)F)cnc1-c1cnc(O[C@@H](C)C(F)(F)F)c(F)c1.O=CC(F)(F)F.[B]=NS. The number of ether oxygens (including phenoxy) is 4. The van der Waals surface area contributed by atoms with Crippen molar-refractivity contribution in [2.24, 2.45) is 20.3 Å². The number of thiol groups is 1. The van der Waals surface area contributed by atoms with Gasteiger partial charge in [-0.2, -0.15) is 116 Å². The third-order valence-corrected chi connectivity index (χ3v) is 15.2. The number of aryl methyl sites for hydroxylation is 4. The first kappa shape index (κ1) is 119. The van der Waals surface area contributed by atoms with Gasteiger partial charge in [0.2, 0.25) is 16.7 Å². The quantitative estimate of drug-likeness (QED) is 0.00900. The third-order valence-electron chi connectivity index (χ3n) is 14.6. The predicted molar refractivity (Wildman–Crippen MR) is 420 cm³/mol. The van der Waals surface area contributed by atoms with E-state index in [1.165, 1.54) is 46.6 Å². The van der Waals surface area contributed by atoms with Crippen LogP contribution in [0.4, 0.5) is 140 Å². The van der Waals surface area contributed by atoms with Gasteiger partial charge in [0, 0.05) is 52.7 Å². The van der Waals surface area contributed by atoms with Crippen molar-refractivity contribution in [3.8, 4) is 68.5 Å². The molecule has 0 amide bonds. The molecule has 0 aliphatic carbocycles. The normalized spacial score (nSPS) is 12.6. The Balaban J connectivity index is 0. The summed E-state index contributed by atoms with van der Waals surface area (Å²) in [4.78, 5) is 53.0. The Labute approximate surface area is 725 Å². The fraction of sp³-hybridized carbons (Fsp3) is 0.429. The van der Waals surface area contributed by atoms with E-state index in [0.29, 0.717) is 42.4 Å². The van der Waals surface area contributed by atoms with Crippen molar-refractivity contribution in [1.82, 2.24) is 74.3 Å². The number of hydrazine groups is 1. The van der Waals surface area contributed by atoms with E-state index in [4.69, 9.17) is 10.6 Å². The van der Waals surface area contributed by atoms with Gasteiger partial charge in [-0.05, 0) is 115 Å². The van der Waals surface area contributed by atoms with Crippen LogP contribution in [0.1, 0.15) is 107 Å². The average molecular weight is 1960 g/mol. The topological polar surface area (TPSA) is 328 Å². The molecule has 0 saturated carbocycles. The second-order valence-electron chi connectivity index (χ2n) is 23.7. The average Bonchev–Trinajstić information content (AvgIpc) is 1.61. The monoisotopic (exact) mass is 1960 g/mol. The van der Waals surface area contributed by atoms with Gasteiger partial charge in [0.25, 0.3) is 23.5 Å². The minimum absolute atomic E-state index is 0. The Bertz CT molecular complexity index is 5040. The number of nitrogens with zero attached hydrogens (tertiary/aromatic N) is 18. The van der Waals surface area contributed by atoms with Crippen LogP contribution in [0.25, 0.3) is 50.7 Å². The summed E-state index contributed by atoms with van der Waals surface area (Å²) < 4.78 is 369. The summed E-state index contributed by atoms with van der Waals surface area (Å²) in [5.74, 6) is -3.86. The number of rotatable bonds is 20. The molecule has 0 unspecified atom stereocenters. The Hall–Kier alpha value is -11.3. The van der Waals surface area contributed by atoms with E-state index in [-0.39, 0.29) is 110 Å². The summed E-state index contributed by atoms with van der Waals surface area (Å²) in [6.07, 6.45) is -39.2. The van der Waals surface area contributed by atoms with E-state index in [1.54, 1.807) is 6.92 Å². The van der Waals surface area contributed by atoms with Crippen LogP contribution < -0.4 is 41.1 Å². The van der Waals surface area contributed by atoms with Crippen LogP contribution in [-0.4, -0.2) is 186 Å². The fourth-order valence-electron chi connectivity index (χ4n) is 8.49. The van der Waals surface area contributed by atoms with Gasteiger partial charge in [-0.3, -0.25) is 40.0 Å². The van der Waals surface area contributed by atoms with E-state index in [2.05, 4.69) is 171 Å². The number of nitrogens with one attached hydrogen (secondary N) is 3. The molecule has 4 atom stereocenters. The van der Waals surface area contributed by atoms with Crippen molar-refractivity contribution in [2.45, 2.75) is 180 Å². The number of alkyl halides is 24. The number of hydrogen-bond donors (Lipinski definition) is 5. The van der Waals surface area contributed by atoms with E-state index in [9.17, 15) is 123 Å². The molecule has 9 aromatic rings. The molecule has 5 N–H and O–H groups in total. The summed E-state index contributed by atoms with van der Waals surface area (Å²) in [7, 11) is 4.34. The summed E-state index contributed by atoms with van der Waals surface area (Å²) >= 11 is 5.44. The summed E-state index contributed by atoms with van der Waals surface area (Å²) in [5, 5.41) is 12.5. The molecule has 0 bridgehead atoms. The van der Waals surface area contributed by atoms with Crippen molar-refractivity contribution in [3.05, 3.63) is 126 Å². The number of nitrogen functional groups attached to an aromatic ring is 1. The van der Waals surface area contributed by atoms with E-state index in [0.717, 1.165) is 74.6 Å². The van der Waals surface area contributed by atoms with Crippen molar-refractivity contribution < 1.29 is 147 Å². The molecule has 1 radical (unpaired) electrons. The zero-order chi connectivity index (χ0) is 94.8. The minimum atomic E-state index is -4.79. The maximum atomic E-state index is 14.1. The van der Waals surface area contributed by atoms with Gasteiger partial charge >= 0.3 is 74.2 Å². The maximum absolute atomic E-state index is 14.1. The van der Waals surface area contributed by atoms with Gasteiger partial charge in [-0.1, -0.05) is 50.5 Å².